The van der Waals surface area contributed by atoms with E-state index in [1.165, 1.54) is 0 Å². The first-order valence-electron chi connectivity index (χ1n) is 6.98. The maximum atomic E-state index is 12.3. The van der Waals surface area contributed by atoms with Crippen LogP contribution in [-0.2, 0) is 9.53 Å². The molecule has 2 aromatic rings. The highest BCUT2D eigenvalue weighted by molar-refractivity contribution is 6.04. The summed E-state index contributed by atoms with van der Waals surface area (Å²) in [5.41, 5.74) is 1.72. The molecule has 0 unspecified atom stereocenters. The Kier molecular flexibility index (Phi) is 3.97. The van der Waals surface area contributed by atoms with Gasteiger partial charge in [-0.05, 0) is 12.1 Å². The summed E-state index contributed by atoms with van der Waals surface area (Å²) in [6, 6.07) is 5.29. The van der Waals surface area contributed by atoms with Crippen LogP contribution in [0.4, 0.5) is 0 Å². The number of ether oxygens (including phenoxy) is 1. The monoisotopic (exact) mass is 300 g/mol. The van der Waals surface area contributed by atoms with E-state index in [4.69, 9.17) is 4.74 Å². The highest BCUT2D eigenvalue weighted by Crippen LogP contribution is 2.13. The van der Waals surface area contributed by atoms with E-state index in [0.29, 0.717) is 29.7 Å². The van der Waals surface area contributed by atoms with Gasteiger partial charge in [0.05, 0.1) is 17.2 Å². The summed E-state index contributed by atoms with van der Waals surface area (Å²) in [6.07, 6.45) is 2.95. The molecule has 1 aromatic carbocycles. The number of fused-ring (bicyclic) bond motifs is 1. The van der Waals surface area contributed by atoms with Crippen LogP contribution in [0, 0.1) is 0 Å². The lowest BCUT2D eigenvalue weighted by molar-refractivity contribution is -0.146. The predicted molar refractivity (Wildman–Crippen MR) is 79.2 cm³/mol. The third-order valence-corrected chi connectivity index (χ3v) is 3.58. The van der Waals surface area contributed by atoms with Gasteiger partial charge >= 0.3 is 0 Å². The van der Waals surface area contributed by atoms with Gasteiger partial charge in [0.15, 0.2) is 0 Å². The van der Waals surface area contributed by atoms with Gasteiger partial charge < -0.3 is 15.0 Å². The van der Waals surface area contributed by atoms with E-state index in [0.717, 1.165) is 0 Å². The van der Waals surface area contributed by atoms with E-state index in [-0.39, 0.29) is 24.5 Å². The first-order valence-corrected chi connectivity index (χ1v) is 6.98. The molecule has 22 heavy (non-hydrogen) atoms. The minimum atomic E-state index is -0.228. The van der Waals surface area contributed by atoms with E-state index in [1.807, 2.05) is 6.07 Å². The predicted octanol–water partition coefficient (Wildman–Crippen LogP) is 0.217. The molecule has 0 bridgehead atoms. The minimum Gasteiger partial charge on any atom is -0.365 e. The van der Waals surface area contributed by atoms with Gasteiger partial charge in [0.2, 0.25) is 5.91 Å². The van der Waals surface area contributed by atoms with Crippen molar-refractivity contribution in [2.24, 2.45) is 0 Å². The van der Waals surface area contributed by atoms with Crippen LogP contribution in [0.25, 0.3) is 11.0 Å². The summed E-state index contributed by atoms with van der Waals surface area (Å²) in [7, 11) is 1.72. The third kappa shape index (κ3) is 2.89. The maximum Gasteiger partial charge on any atom is 0.253 e. The number of benzene rings is 1. The molecule has 1 aromatic heterocycles. The Morgan fingerprint density at radius 2 is 2.23 bits per heavy atom. The van der Waals surface area contributed by atoms with Crippen molar-refractivity contribution in [1.82, 2.24) is 20.2 Å². The molecule has 1 aliphatic rings. The van der Waals surface area contributed by atoms with E-state index < -0.39 is 0 Å². The lowest BCUT2D eigenvalue weighted by atomic mass is 10.1. The van der Waals surface area contributed by atoms with Crippen LogP contribution < -0.4 is 5.32 Å². The fourth-order valence-electron chi connectivity index (χ4n) is 2.36. The summed E-state index contributed by atoms with van der Waals surface area (Å²) in [6.45, 7) is 0.859. The molecular weight excluding hydrogens is 284 g/mol. The number of para-hydroxylation sites is 1. The molecule has 1 fully saturated rings. The molecule has 1 atom stereocenters. The molecule has 0 spiro atoms. The lowest BCUT2D eigenvalue weighted by Crippen LogP contribution is -2.48. The number of carbonyl (C=O) groups is 2. The Morgan fingerprint density at radius 3 is 3.05 bits per heavy atom. The number of aromatic nitrogens is 2. The zero-order chi connectivity index (χ0) is 15.5. The number of nitrogens with one attached hydrogen (secondary N) is 1. The topological polar surface area (TPSA) is 84.4 Å². The van der Waals surface area contributed by atoms with Gasteiger partial charge in [0.1, 0.15) is 12.1 Å². The minimum absolute atomic E-state index is 0.0492. The van der Waals surface area contributed by atoms with Crippen LogP contribution in [0.1, 0.15) is 10.4 Å². The Balaban J connectivity index is 1.68. The second-order valence-electron chi connectivity index (χ2n) is 5.15. The largest absolute Gasteiger partial charge is 0.365 e. The fraction of sp³-hybridized carbons (Fsp3) is 0.333. The molecular formula is C15H16N4O3. The number of carbonyl (C=O) groups excluding carboxylic acids is 2. The van der Waals surface area contributed by atoms with E-state index >= 15 is 0 Å². The number of hydrogen-bond donors (Lipinski definition) is 1. The third-order valence-electron chi connectivity index (χ3n) is 3.58. The average Bonchev–Trinajstić information content (AvgIpc) is 2.55. The smallest absolute Gasteiger partial charge is 0.253 e. The van der Waals surface area contributed by atoms with Crippen molar-refractivity contribution >= 4 is 22.8 Å². The fourth-order valence-corrected chi connectivity index (χ4v) is 2.36. The Bertz CT molecular complexity index is 714. The highest BCUT2D eigenvalue weighted by Gasteiger charge is 2.24. The van der Waals surface area contributed by atoms with Gasteiger partial charge in [-0.25, -0.2) is 0 Å². The van der Waals surface area contributed by atoms with Crippen molar-refractivity contribution in [2.45, 2.75) is 6.10 Å². The summed E-state index contributed by atoms with van der Waals surface area (Å²) in [5, 5.41) is 2.83. The number of hydrogen-bond acceptors (Lipinski definition) is 5. The number of morpholine rings is 1. The molecule has 0 aliphatic carbocycles. The molecule has 2 heterocycles. The van der Waals surface area contributed by atoms with Gasteiger partial charge in [-0.3, -0.25) is 19.6 Å². The van der Waals surface area contributed by atoms with Gasteiger partial charge in [-0.1, -0.05) is 6.07 Å². The van der Waals surface area contributed by atoms with Crippen LogP contribution in [0.2, 0.25) is 0 Å². The zero-order valence-corrected chi connectivity index (χ0v) is 12.2. The zero-order valence-electron chi connectivity index (χ0n) is 12.2. The molecule has 3 rings (SSSR count). The van der Waals surface area contributed by atoms with Gasteiger partial charge in [0.25, 0.3) is 5.91 Å². The van der Waals surface area contributed by atoms with Gasteiger partial charge in [0, 0.05) is 32.5 Å². The first kappa shape index (κ1) is 14.4. The maximum absolute atomic E-state index is 12.3. The molecule has 0 radical (unpaired) electrons. The number of nitrogens with zero attached hydrogens (tertiary/aromatic N) is 3. The second kappa shape index (κ2) is 6.07. The van der Waals surface area contributed by atoms with E-state index in [9.17, 15) is 9.59 Å². The number of rotatable bonds is 3. The van der Waals surface area contributed by atoms with Crippen LogP contribution >= 0.6 is 0 Å². The van der Waals surface area contributed by atoms with Crippen molar-refractivity contribution < 1.29 is 14.3 Å². The summed E-state index contributed by atoms with van der Waals surface area (Å²) in [5.74, 6) is -0.277. The Labute approximate surface area is 127 Å². The summed E-state index contributed by atoms with van der Waals surface area (Å²) < 4.78 is 5.40. The first-order chi connectivity index (χ1) is 10.6. The Morgan fingerprint density at radius 1 is 1.41 bits per heavy atom. The second-order valence-corrected chi connectivity index (χ2v) is 5.15. The van der Waals surface area contributed by atoms with E-state index in [1.54, 1.807) is 36.5 Å². The molecule has 1 saturated heterocycles. The van der Waals surface area contributed by atoms with Crippen molar-refractivity contribution in [1.29, 1.82) is 0 Å². The molecule has 2 amide bonds. The molecule has 1 aliphatic heterocycles. The summed E-state index contributed by atoms with van der Waals surface area (Å²) in [4.78, 5) is 33.7. The molecule has 7 nitrogen and oxygen atoms in total. The van der Waals surface area contributed by atoms with Crippen LogP contribution in [0.3, 0.4) is 0 Å². The van der Waals surface area contributed by atoms with Crippen LogP contribution in [0.5, 0.6) is 0 Å². The molecule has 7 heteroatoms. The van der Waals surface area contributed by atoms with E-state index in [2.05, 4.69) is 15.3 Å². The standard InChI is InChI=1S/C15H16N4O3/c1-19-8-10(22-9-13(19)20)7-18-15(21)11-3-2-4-12-14(11)17-6-5-16-12/h2-6,10H,7-9H2,1H3,(H,18,21)/t10-/m1/s1. The normalized spacial score (nSPS) is 18.5. The molecule has 1 N–H and O–H groups in total. The number of amides is 2. The average molecular weight is 300 g/mol. The number of likely N-dealkylation sites (N-methyl/N-ethyl adjacent to an activating group) is 1. The summed E-state index contributed by atoms with van der Waals surface area (Å²) >= 11 is 0. The lowest BCUT2D eigenvalue weighted by Gasteiger charge is -2.29. The van der Waals surface area contributed by atoms with Crippen molar-refractivity contribution in [3.05, 3.63) is 36.2 Å². The highest BCUT2D eigenvalue weighted by atomic mass is 16.5. The molecule has 0 saturated carbocycles. The van der Waals surface area contributed by atoms with Crippen LogP contribution in [-0.4, -0.2) is 59.5 Å². The van der Waals surface area contributed by atoms with Gasteiger partial charge in [-0.15, -0.1) is 0 Å². The van der Waals surface area contributed by atoms with Crippen molar-refractivity contribution in [2.75, 3.05) is 26.7 Å². The van der Waals surface area contributed by atoms with Crippen molar-refractivity contribution in [3.63, 3.8) is 0 Å². The van der Waals surface area contributed by atoms with Gasteiger partial charge in [-0.2, -0.15) is 0 Å². The Hall–Kier alpha value is -2.54. The molecule has 114 valence electrons. The quantitative estimate of drug-likeness (QED) is 0.876. The SMILES string of the molecule is CN1C[C@@H](CNC(=O)c2cccc3nccnc23)OCC1=O. The van der Waals surface area contributed by atoms with Crippen LogP contribution in [0.15, 0.2) is 30.6 Å². The van der Waals surface area contributed by atoms with Crippen molar-refractivity contribution in [3.8, 4) is 0 Å².